The van der Waals surface area contributed by atoms with Crippen molar-refractivity contribution in [3.63, 3.8) is 0 Å². The third-order valence-electron chi connectivity index (χ3n) is 2.29. The Hall–Kier alpha value is -0.450. The summed E-state index contributed by atoms with van der Waals surface area (Å²) in [5.41, 5.74) is 1.16. The van der Waals surface area contributed by atoms with Crippen molar-refractivity contribution in [2.45, 2.75) is 25.4 Å². The fraction of sp³-hybridized carbons (Fsp3) is 0.667. The van der Waals surface area contributed by atoms with E-state index >= 15 is 0 Å². The molecule has 0 amide bonds. The van der Waals surface area contributed by atoms with Crippen LogP contribution in [0, 0.1) is 0 Å². The summed E-state index contributed by atoms with van der Waals surface area (Å²) in [6.07, 6.45) is 2.53. The van der Waals surface area contributed by atoms with Gasteiger partial charge in [-0.1, -0.05) is 0 Å². The molecule has 1 fully saturated rings. The second-order valence-electron chi connectivity index (χ2n) is 3.36. The first-order chi connectivity index (χ1) is 6.40. The summed E-state index contributed by atoms with van der Waals surface area (Å²) in [7, 11) is 1.95. The normalized spacial score (nSPS) is 22.4. The molecule has 0 spiro atoms. The molecule has 1 aromatic rings. The van der Waals surface area contributed by atoms with Crippen molar-refractivity contribution in [1.29, 1.82) is 0 Å². The predicted octanol–water partition coefficient (Wildman–Crippen LogP) is 1.29. The van der Waals surface area contributed by atoms with E-state index in [-0.39, 0.29) is 0 Å². The summed E-state index contributed by atoms with van der Waals surface area (Å²) in [4.78, 5) is 4.58. The van der Waals surface area contributed by atoms with Gasteiger partial charge in [-0.3, -0.25) is 0 Å². The minimum Gasteiger partial charge on any atom is -0.314 e. The summed E-state index contributed by atoms with van der Waals surface area (Å²) in [6, 6.07) is 0.524. The monoisotopic (exact) mass is 197 g/mol. The zero-order valence-corrected chi connectivity index (χ0v) is 8.66. The van der Waals surface area contributed by atoms with Crippen molar-refractivity contribution in [3.05, 3.63) is 16.1 Å². The van der Waals surface area contributed by atoms with Crippen LogP contribution in [0.5, 0.6) is 0 Å². The van der Waals surface area contributed by atoms with Crippen LogP contribution in [-0.4, -0.2) is 18.6 Å². The van der Waals surface area contributed by atoms with E-state index in [0.717, 1.165) is 18.8 Å². The molecule has 0 radical (unpaired) electrons. The molecule has 1 unspecified atom stereocenters. The fourth-order valence-electron chi connectivity index (χ4n) is 1.64. The van der Waals surface area contributed by atoms with Crippen molar-refractivity contribution in [1.82, 2.24) is 15.6 Å². The van der Waals surface area contributed by atoms with E-state index in [0.29, 0.717) is 6.04 Å². The van der Waals surface area contributed by atoms with Gasteiger partial charge in [0.1, 0.15) is 5.01 Å². The first-order valence-corrected chi connectivity index (χ1v) is 5.60. The van der Waals surface area contributed by atoms with E-state index in [4.69, 9.17) is 0 Å². The zero-order valence-electron chi connectivity index (χ0n) is 7.84. The summed E-state index contributed by atoms with van der Waals surface area (Å²) in [5.74, 6) is 0. The number of aromatic nitrogens is 1. The molecule has 1 aliphatic rings. The zero-order chi connectivity index (χ0) is 9.10. The van der Waals surface area contributed by atoms with E-state index in [9.17, 15) is 0 Å². The predicted molar refractivity (Wildman–Crippen MR) is 54.9 cm³/mol. The van der Waals surface area contributed by atoms with Crippen LogP contribution in [0.3, 0.4) is 0 Å². The quantitative estimate of drug-likeness (QED) is 0.766. The Balaban J connectivity index is 2.03. The summed E-state index contributed by atoms with van der Waals surface area (Å²) >= 11 is 1.77. The summed E-state index contributed by atoms with van der Waals surface area (Å²) in [6.45, 7) is 2.02. The smallest absolute Gasteiger partial charge is 0.110 e. The molecule has 1 aliphatic heterocycles. The molecule has 4 heteroatoms. The maximum absolute atomic E-state index is 4.58. The number of hydrogen-bond donors (Lipinski definition) is 2. The van der Waals surface area contributed by atoms with Gasteiger partial charge in [0.05, 0.1) is 11.7 Å². The molecular weight excluding hydrogens is 182 g/mol. The second kappa shape index (κ2) is 4.17. The summed E-state index contributed by atoms with van der Waals surface area (Å²) < 4.78 is 0. The van der Waals surface area contributed by atoms with Gasteiger partial charge in [-0.05, 0) is 26.4 Å². The van der Waals surface area contributed by atoms with Crippen molar-refractivity contribution < 1.29 is 0 Å². The minimum absolute atomic E-state index is 0.524. The van der Waals surface area contributed by atoms with Gasteiger partial charge >= 0.3 is 0 Å². The van der Waals surface area contributed by atoms with Crippen LogP contribution >= 0.6 is 11.3 Å². The van der Waals surface area contributed by atoms with Crippen molar-refractivity contribution >= 4 is 11.3 Å². The highest BCUT2D eigenvalue weighted by molar-refractivity contribution is 7.09. The van der Waals surface area contributed by atoms with Crippen LogP contribution in [0.25, 0.3) is 0 Å². The van der Waals surface area contributed by atoms with Crippen molar-refractivity contribution in [2.75, 3.05) is 13.6 Å². The first kappa shape index (κ1) is 9.12. The van der Waals surface area contributed by atoms with Gasteiger partial charge in [0.25, 0.3) is 0 Å². The molecule has 1 atom stereocenters. The lowest BCUT2D eigenvalue weighted by atomic mass is 10.2. The topological polar surface area (TPSA) is 37.0 Å². The molecule has 0 aromatic carbocycles. The molecule has 2 rings (SSSR count). The average Bonchev–Trinajstić information content (AvgIpc) is 2.70. The molecule has 2 N–H and O–H groups in total. The average molecular weight is 197 g/mol. The van der Waals surface area contributed by atoms with E-state index in [1.54, 1.807) is 11.3 Å². The Kier molecular flexibility index (Phi) is 2.93. The van der Waals surface area contributed by atoms with Crippen LogP contribution in [-0.2, 0) is 6.54 Å². The second-order valence-corrected chi connectivity index (χ2v) is 4.25. The molecule has 1 saturated heterocycles. The van der Waals surface area contributed by atoms with Gasteiger partial charge in [-0.25, -0.2) is 4.98 Å². The van der Waals surface area contributed by atoms with Gasteiger partial charge in [-0.15, -0.1) is 11.3 Å². The Labute approximate surface area is 82.6 Å². The number of nitrogens with one attached hydrogen (secondary N) is 2. The Morgan fingerprint density at radius 3 is 3.38 bits per heavy atom. The molecule has 1 aromatic heterocycles. The third-order valence-corrected chi connectivity index (χ3v) is 3.29. The Morgan fingerprint density at radius 1 is 1.77 bits per heavy atom. The van der Waals surface area contributed by atoms with Crippen molar-refractivity contribution in [2.24, 2.45) is 0 Å². The molecule has 3 nitrogen and oxygen atoms in total. The molecule has 0 saturated carbocycles. The van der Waals surface area contributed by atoms with Crippen LogP contribution in [0.4, 0.5) is 0 Å². The molecule has 0 bridgehead atoms. The van der Waals surface area contributed by atoms with Gasteiger partial charge in [-0.2, -0.15) is 0 Å². The van der Waals surface area contributed by atoms with Crippen LogP contribution in [0.2, 0.25) is 0 Å². The minimum atomic E-state index is 0.524. The SMILES string of the molecule is CNCc1csc(C2CCCN2)n1. The lowest BCUT2D eigenvalue weighted by Gasteiger charge is -2.04. The highest BCUT2D eigenvalue weighted by atomic mass is 32.1. The molecule has 0 aliphatic carbocycles. The lowest BCUT2D eigenvalue weighted by Crippen LogP contribution is -2.13. The highest BCUT2D eigenvalue weighted by Crippen LogP contribution is 2.25. The number of nitrogens with zero attached hydrogens (tertiary/aromatic N) is 1. The van der Waals surface area contributed by atoms with Crippen LogP contribution < -0.4 is 10.6 Å². The first-order valence-electron chi connectivity index (χ1n) is 4.72. The van der Waals surface area contributed by atoms with Crippen molar-refractivity contribution in [3.8, 4) is 0 Å². The van der Waals surface area contributed by atoms with E-state index in [2.05, 4.69) is 21.0 Å². The molecular formula is C9H15N3S. The van der Waals surface area contributed by atoms with Gasteiger partial charge in [0, 0.05) is 11.9 Å². The van der Waals surface area contributed by atoms with Gasteiger partial charge in [0.15, 0.2) is 0 Å². The highest BCUT2D eigenvalue weighted by Gasteiger charge is 2.18. The third kappa shape index (κ3) is 2.07. The Morgan fingerprint density at radius 2 is 2.69 bits per heavy atom. The standard InChI is InChI=1S/C9H15N3S/c1-10-5-7-6-13-9(12-7)8-3-2-4-11-8/h6,8,10-11H,2-5H2,1H3. The van der Waals surface area contributed by atoms with Crippen LogP contribution in [0.15, 0.2) is 5.38 Å². The Bertz CT molecular complexity index is 266. The summed E-state index contributed by atoms with van der Waals surface area (Å²) in [5, 5.41) is 9.96. The lowest BCUT2D eigenvalue weighted by molar-refractivity contribution is 0.638. The van der Waals surface area contributed by atoms with Crippen LogP contribution in [0.1, 0.15) is 29.6 Å². The van der Waals surface area contributed by atoms with E-state index in [1.807, 2.05) is 7.05 Å². The maximum Gasteiger partial charge on any atom is 0.110 e. The van der Waals surface area contributed by atoms with Gasteiger partial charge in [0.2, 0.25) is 0 Å². The molecule has 13 heavy (non-hydrogen) atoms. The molecule has 2 heterocycles. The number of rotatable bonds is 3. The molecule has 72 valence electrons. The maximum atomic E-state index is 4.58. The fourth-order valence-corrected chi connectivity index (χ4v) is 2.57. The number of thiazole rings is 1. The largest absolute Gasteiger partial charge is 0.314 e. The van der Waals surface area contributed by atoms with Gasteiger partial charge < -0.3 is 10.6 Å². The van der Waals surface area contributed by atoms with E-state index in [1.165, 1.54) is 17.8 Å². The number of hydrogen-bond acceptors (Lipinski definition) is 4. The van der Waals surface area contributed by atoms with E-state index < -0.39 is 0 Å².